The summed E-state index contributed by atoms with van der Waals surface area (Å²) in [5, 5.41) is 0.622. The molecule has 2 heterocycles. The second-order valence-corrected chi connectivity index (χ2v) is 7.11. The number of carbonyl (C=O) groups is 1. The molecule has 0 radical (unpaired) electrons. The van der Waals surface area contributed by atoms with Gasteiger partial charge in [0.25, 0.3) is 5.56 Å². The van der Waals surface area contributed by atoms with Gasteiger partial charge in [0, 0.05) is 23.4 Å². The number of aromatic nitrogens is 2. The Morgan fingerprint density at radius 3 is 2.50 bits per heavy atom. The van der Waals surface area contributed by atoms with Crippen molar-refractivity contribution in [3.8, 4) is 11.1 Å². The highest BCUT2D eigenvalue weighted by Crippen LogP contribution is 2.35. The standard InChI is InChI=1S/C18H19N3O2S/c1-10-4-6-13(7-5-10)15-11(2)24-17-16(15)18(23)21(12(3)20-17)9-8-14(19)22/h4-7H,8-9H2,1-3H3,(H2,19,22). The summed E-state index contributed by atoms with van der Waals surface area (Å²) in [7, 11) is 0. The number of aryl methyl sites for hydroxylation is 3. The van der Waals surface area contributed by atoms with E-state index in [0.717, 1.165) is 20.8 Å². The molecule has 1 aromatic carbocycles. The maximum atomic E-state index is 13.0. The highest BCUT2D eigenvalue weighted by Gasteiger charge is 2.18. The van der Waals surface area contributed by atoms with Gasteiger partial charge < -0.3 is 5.73 Å². The zero-order valence-electron chi connectivity index (χ0n) is 13.9. The largest absolute Gasteiger partial charge is 0.370 e. The monoisotopic (exact) mass is 341 g/mol. The average molecular weight is 341 g/mol. The fraction of sp³-hybridized carbons (Fsp3) is 0.278. The van der Waals surface area contributed by atoms with Crippen LogP contribution in [-0.4, -0.2) is 15.5 Å². The molecule has 0 aliphatic heterocycles. The van der Waals surface area contributed by atoms with Crippen LogP contribution in [0.5, 0.6) is 0 Å². The Morgan fingerprint density at radius 1 is 1.21 bits per heavy atom. The summed E-state index contributed by atoms with van der Waals surface area (Å²) in [6, 6.07) is 8.12. The van der Waals surface area contributed by atoms with E-state index in [1.165, 1.54) is 21.5 Å². The first-order chi connectivity index (χ1) is 11.4. The minimum Gasteiger partial charge on any atom is -0.370 e. The Labute approximate surface area is 143 Å². The van der Waals surface area contributed by atoms with Gasteiger partial charge in [-0.2, -0.15) is 0 Å². The summed E-state index contributed by atoms with van der Waals surface area (Å²) >= 11 is 1.52. The molecule has 0 atom stereocenters. The van der Waals surface area contributed by atoms with E-state index in [1.807, 2.05) is 38.1 Å². The van der Waals surface area contributed by atoms with Gasteiger partial charge in [-0.1, -0.05) is 29.8 Å². The van der Waals surface area contributed by atoms with Gasteiger partial charge in [0.15, 0.2) is 0 Å². The van der Waals surface area contributed by atoms with Gasteiger partial charge >= 0.3 is 0 Å². The van der Waals surface area contributed by atoms with Crippen LogP contribution in [0.3, 0.4) is 0 Å². The first-order valence-corrected chi connectivity index (χ1v) is 8.56. The van der Waals surface area contributed by atoms with E-state index in [4.69, 9.17) is 5.73 Å². The van der Waals surface area contributed by atoms with Crippen molar-refractivity contribution in [2.75, 3.05) is 0 Å². The molecule has 0 aliphatic rings. The summed E-state index contributed by atoms with van der Waals surface area (Å²) < 4.78 is 1.54. The number of nitrogens with zero attached hydrogens (tertiary/aromatic N) is 2. The number of rotatable bonds is 4. The third-order valence-electron chi connectivity index (χ3n) is 4.10. The van der Waals surface area contributed by atoms with Gasteiger partial charge in [0.1, 0.15) is 10.7 Å². The van der Waals surface area contributed by atoms with Crippen molar-refractivity contribution in [2.45, 2.75) is 33.7 Å². The summed E-state index contributed by atoms with van der Waals surface area (Å²) in [4.78, 5) is 30.5. The topological polar surface area (TPSA) is 78.0 Å². The highest BCUT2D eigenvalue weighted by atomic mass is 32.1. The normalized spacial score (nSPS) is 11.1. The first-order valence-electron chi connectivity index (χ1n) is 7.74. The van der Waals surface area contributed by atoms with E-state index in [0.29, 0.717) is 11.2 Å². The van der Waals surface area contributed by atoms with Gasteiger partial charge in [-0.05, 0) is 26.3 Å². The summed E-state index contributed by atoms with van der Waals surface area (Å²) in [5.41, 5.74) is 8.22. The third-order valence-corrected chi connectivity index (χ3v) is 5.10. The Kier molecular flexibility index (Phi) is 4.24. The number of carbonyl (C=O) groups excluding carboxylic acids is 1. The van der Waals surface area contributed by atoms with Crippen LogP contribution in [0.15, 0.2) is 29.1 Å². The molecule has 6 heteroatoms. The Balaban J connectivity index is 2.25. The smallest absolute Gasteiger partial charge is 0.262 e. The van der Waals surface area contributed by atoms with Crippen molar-refractivity contribution in [3.05, 3.63) is 50.9 Å². The molecule has 5 nitrogen and oxygen atoms in total. The predicted molar refractivity (Wildman–Crippen MR) is 97.3 cm³/mol. The Bertz CT molecular complexity index is 984. The SMILES string of the molecule is Cc1ccc(-c2c(C)sc3nc(C)n(CCC(N)=O)c(=O)c23)cc1. The lowest BCUT2D eigenvalue weighted by Gasteiger charge is -2.09. The molecular formula is C18H19N3O2S. The zero-order valence-corrected chi connectivity index (χ0v) is 14.7. The molecule has 0 aliphatic carbocycles. The number of benzene rings is 1. The number of thiophene rings is 1. The van der Waals surface area contributed by atoms with Crippen molar-refractivity contribution in [1.82, 2.24) is 9.55 Å². The van der Waals surface area contributed by atoms with Crippen LogP contribution in [0.2, 0.25) is 0 Å². The third kappa shape index (κ3) is 2.85. The molecule has 0 saturated carbocycles. The molecule has 0 unspecified atom stereocenters. The molecule has 3 rings (SSSR count). The summed E-state index contributed by atoms with van der Waals surface area (Å²) in [6.45, 7) is 6.07. The van der Waals surface area contributed by atoms with Crippen molar-refractivity contribution < 1.29 is 4.79 Å². The van der Waals surface area contributed by atoms with Gasteiger partial charge in [-0.15, -0.1) is 11.3 Å². The molecule has 2 N–H and O–H groups in total. The lowest BCUT2D eigenvalue weighted by Crippen LogP contribution is -2.26. The number of primary amides is 1. The maximum Gasteiger partial charge on any atom is 0.262 e. The lowest BCUT2D eigenvalue weighted by molar-refractivity contribution is -0.118. The molecule has 1 amide bonds. The van der Waals surface area contributed by atoms with Crippen LogP contribution in [0.25, 0.3) is 21.3 Å². The van der Waals surface area contributed by atoms with Crippen LogP contribution in [0.4, 0.5) is 0 Å². The van der Waals surface area contributed by atoms with Gasteiger partial charge in [-0.25, -0.2) is 4.98 Å². The average Bonchev–Trinajstić information content (AvgIpc) is 2.83. The van der Waals surface area contributed by atoms with E-state index >= 15 is 0 Å². The number of amides is 1. The number of hydrogen-bond donors (Lipinski definition) is 1. The molecule has 0 saturated heterocycles. The fourth-order valence-corrected chi connectivity index (χ4v) is 3.93. The molecule has 0 bridgehead atoms. The number of hydrogen-bond acceptors (Lipinski definition) is 4. The minimum absolute atomic E-state index is 0.112. The highest BCUT2D eigenvalue weighted by molar-refractivity contribution is 7.19. The van der Waals surface area contributed by atoms with Crippen LogP contribution in [0.1, 0.15) is 22.7 Å². The van der Waals surface area contributed by atoms with Gasteiger partial charge in [-0.3, -0.25) is 14.2 Å². The number of fused-ring (bicyclic) bond motifs is 1. The molecule has 0 fully saturated rings. The second kappa shape index (κ2) is 6.20. The molecule has 24 heavy (non-hydrogen) atoms. The van der Waals surface area contributed by atoms with Crippen molar-refractivity contribution in [3.63, 3.8) is 0 Å². The minimum atomic E-state index is -0.429. The second-order valence-electron chi connectivity index (χ2n) is 5.91. The number of nitrogens with two attached hydrogens (primary N) is 1. The van der Waals surface area contributed by atoms with E-state index in [2.05, 4.69) is 4.98 Å². The van der Waals surface area contributed by atoms with Gasteiger partial charge in [0.2, 0.25) is 5.91 Å². The van der Waals surface area contributed by atoms with E-state index < -0.39 is 5.91 Å². The van der Waals surface area contributed by atoms with Gasteiger partial charge in [0.05, 0.1) is 5.39 Å². The van der Waals surface area contributed by atoms with Crippen LogP contribution >= 0.6 is 11.3 Å². The van der Waals surface area contributed by atoms with Crippen molar-refractivity contribution >= 4 is 27.5 Å². The van der Waals surface area contributed by atoms with Crippen molar-refractivity contribution in [2.24, 2.45) is 5.73 Å². The van der Waals surface area contributed by atoms with Crippen molar-refractivity contribution in [1.29, 1.82) is 0 Å². The molecule has 2 aromatic heterocycles. The zero-order chi connectivity index (χ0) is 17.4. The fourth-order valence-electron chi connectivity index (χ4n) is 2.85. The van der Waals surface area contributed by atoms with Crippen LogP contribution in [-0.2, 0) is 11.3 Å². The van der Waals surface area contributed by atoms with E-state index in [1.54, 1.807) is 6.92 Å². The molecular weight excluding hydrogens is 322 g/mol. The van der Waals surface area contributed by atoms with E-state index in [9.17, 15) is 9.59 Å². The van der Waals surface area contributed by atoms with Crippen LogP contribution in [0, 0.1) is 20.8 Å². The van der Waals surface area contributed by atoms with Crippen LogP contribution < -0.4 is 11.3 Å². The molecule has 0 spiro atoms. The molecule has 124 valence electrons. The Hall–Kier alpha value is -2.47. The quantitative estimate of drug-likeness (QED) is 0.792. The lowest BCUT2D eigenvalue weighted by atomic mass is 10.0. The predicted octanol–water partition coefficient (Wildman–Crippen LogP) is 2.93. The van der Waals surface area contributed by atoms with E-state index in [-0.39, 0.29) is 18.5 Å². The maximum absolute atomic E-state index is 13.0. The first kappa shape index (κ1) is 16.4. The Morgan fingerprint density at radius 2 is 1.88 bits per heavy atom. The molecule has 3 aromatic rings. The summed E-state index contributed by atoms with van der Waals surface area (Å²) in [6.07, 6.45) is 0.122. The summed E-state index contributed by atoms with van der Waals surface area (Å²) in [5.74, 6) is 0.173.